The van der Waals surface area contributed by atoms with Crippen LogP contribution in [0.25, 0.3) is 0 Å². The number of rotatable bonds is 9. The molecule has 2 aromatic carbocycles. The highest BCUT2D eigenvalue weighted by Crippen LogP contribution is 2.17. The number of anilines is 1. The van der Waals surface area contributed by atoms with Crippen LogP contribution in [0.5, 0.6) is 11.5 Å². The Labute approximate surface area is 159 Å². The summed E-state index contributed by atoms with van der Waals surface area (Å²) < 4.78 is 10.6. The van der Waals surface area contributed by atoms with Crippen molar-refractivity contribution >= 4 is 17.5 Å². The van der Waals surface area contributed by atoms with Crippen LogP contribution in [0.15, 0.2) is 48.5 Å². The molecule has 0 spiro atoms. The third kappa shape index (κ3) is 7.01. The van der Waals surface area contributed by atoms with Gasteiger partial charge in [0.25, 0.3) is 11.8 Å². The molecule has 6 nitrogen and oxygen atoms in total. The number of nitrogens with one attached hydrogen (secondary N) is 2. The first-order chi connectivity index (χ1) is 13.0. The molecule has 0 heterocycles. The first kappa shape index (κ1) is 20.3. The van der Waals surface area contributed by atoms with Crippen LogP contribution in [0.4, 0.5) is 5.69 Å². The highest BCUT2D eigenvalue weighted by molar-refractivity contribution is 5.94. The molecule has 0 fully saturated rings. The summed E-state index contributed by atoms with van der Waals surface area (Å²) >= 11 is 0. The average Bonchev–Trinajstić information content (AvgIpc) is 2.66. The fourth-order valence-corrected chi connectivity index (χ4v) is 2.33. The lowest BCUT2D eigenvalue weighted by molar-refractivity contribution is -0.118. The molecule has 0 radical (unpaired) electrons. The summed E-state index contributed by atoms with van der Waals surface area (Å²) in [4.78, 5) is 24.0. The van der Waals surface area contributed by atoms with Crippen LogP contribution >= 0.6 is 0 Å². The minimum Gasteiger partial charge on any atom is -0.497 e. The second kappa shape index (κ2) is 10.2. The van der Waals surface area contributed by atoms with E-state index >= 15 is 0 Å². The third-order valence-corrected chi connectivity index (χ3v) is 3.85. The van der Waals surface area contributed by atoms with Crippen molar-refractivity contribution in [3.05, 3.63) is 54.1 Å². The second-order valence-corrected chi connectivity index (χ2v) is 6.53. The van der Waals surface area contributed by atoms with Gasteiger partial charge >= 0.3 is 0 Å². The topological polar surface area (TPSA) is 76.7 Å². The Kier molecular flexibility index (Phi) is 7.67. The molecule has 0 aliphatic rings. The van der Waals surface area contributed by atoms with Crippen molar-refractivity contribution in [2.45, 2.75) is 20.3 Å². The summed E-state index contributed by atoms with van der Waals surface area (Å²) in [7, 11) is 1.57. The summed E-state index contributed by atoms with van der Waals surface area (Å²) in [5.74, 6) is 1.34. The van der Waals surface area contributed by atoms with E-state index in [-0.39, 0.29) is 18.4 Å². The maximum absolute atomic E-state index is 12.0. The van der Waals surface area contributed by atoms with E-state index in [0.717, 1.165) is 6.42 Å². The van der Waals surface area contributed by atoms with Crippen molar-refractivity contribution in [2.24, 2.45) is 5.92 Å². The first-order valence-electron chi connectivity index (χ1n) is 8.93. The van der Waals surface area contributed by atoms with Gasteiger partial charge in [-0.15, -0.1) is 0 Å². The fourth-order valence-electron chi connectivity index (χ4n) is 2.33. The van der Waals surface area contributed by atoms with E-state index in [2.05, 4.69) is 24.5 Å². The zero-order chi connectivity index (χ0) is 19.6. The lowest BCUT2D eigenvalue weighted by atomic mass is 10.1. The molecular formula is C21H26N2O4. The number of carbonyl (C=O) groups excluding carboxylic acids is 2. The first-order valence-corrected chi connectivity index (χ1v) is 8.93. The Hall–Kier alpha value is -3.02. The maximum Gasteiger partial charge on any atom is 0.262 e. The van der Waals surface area contributed by atoms with Crippen molar-refractivity contribution in [3.8, 4) is 11.5 Å². The fraction of sp³-hybridized carbons (Fsp3) is 0.333. The number of methoxy groups -OCH3 is 1. The van der Waals surface area contributed by atoms with Crippen LogP contribution in [-0.2, 0) is 4.79 Å². The molecule has 0 saturated heterocycles. The summed E-state index contributed by atoms with van der Waals surface area (Å²) in [6.07, 6.45) is 0.940. The molecule has 2 aromatic rings. The second-order valence-electron chi connectivity index (χ2n) is 6.53. The Morgan fingerprint density at radius 1 is 1.04 bits per heavy atom. The molecule has 144 valence electrons. The van der Waals surface area contributed by atoms with Gasteiger partial charge in [0, 0.05) is 23.9 Å². The third-order valence-electron chi connectivity index (χ3n) is 3.85. The number of ether oxygens (including phenoxy) is 2. The molecule has 0 atom stereocenters. The van der Waals surface area contributed by atoms with Gasteiger partial charge in [0.05, 0.1) is 7.11 Å². The average molecular weight is 370 g/mol. The molecule has 0 aromatic heterocycles. The van der Waals surface area contributed by atoms with E-state index in [1.165, 1.54) is 0 Å². The maximum atomic E-state index is 12.0. The number of hydrogen-bond donors (Lipinski definition) is 2. The monoisotopic (exact) mass is 370 g/mol. The van der Waals surface area contributed by atoms with Crippen LogP contribution in [0.1, 0.15) is 30.6 Å². The molecule has 0 saturated carbocycles. The zero-order valence-corrected chi connectivity index (χ0v) is 16.0. The normalized spacial score (nSPS) is 10.4. The van der Waals surface area contributed by atoms with Gasteiger partial charge < -0.3 is 20.1 Å². The van der Waals surface area contributed by atoms with E-state index in [9.17, 15) is 9.59 Å². The Morgan fingerprint density at radius 3 is 2.44 bits per heavy atom. The molecule has 0 unspecified atom stereocenters. The quantitative estimate of drug-likeness (QED) is 0.708. The predicted molar refractivity (Wildman–Crippen MR) is 105 cm³/mol. The smallest absolute Gasteiger partial charge is 0.262 e. The van der Waals surface area contributed by atoms with E-state index in [1.807, 2.05) is 0 Å². The summed E-state index contributed by atoms with van der Waals surface area (Å²) in [5, 5.41) is 5.62. The van der Waals surface area contributed by atoms with Crippen molar-refractivity contribution < 1.29 is 19.1 Å². The molecule has 2 amide bonds. The van der Waals surface area contributed by atoms with Gasteiger partial charge in [0.15, 0.2) is 6.61 Å². The SMILES string of the molecule is COc1cccc(NC(=O)COc2ccc(C(=O)NCCC(C)C)cc2)c1. The number of hydrogen-bond acceptors (Lipinski definition) is 4. The van der Waals surface area contributed by atoms with E-state index in [1.54, 1.807) is 55.6 Å². The van der Waals surface area contributed by atoms with Crippen molar-refractivity contribution in [1.29, 1.82) is 0 Å². The highest BCUT2D eigenvalue weighted by Gasteiger charge is 2.07. The van der Waals surface area contributed by atoms with Gasteiger partial charge in [-0.2, -0.15) is 0 Å². The van der Waals surface area contributed by atoms with Gasteiger partial charge in [0.1, 0.15) is 11.5 Å². The minimum atomic E-state index is -0.279. The van der Waals surface area contributed by atoms with Gasteiger partial charge in [-0.3, -0.25) is 9.59 Å². The van der Waals surface area contributed by atoms with Crippen LogP contribution < -0.4 is 20.1 Å². The number of carbonyl (C=O) groups is 2. The molecule has 2 N–H and O–H groups in total. The van der Waals surface area contributed by atoms with E-state index in [0.29, 0.717) is 35.2 Å². The van der Waals surface area contributed by atoms with Gasteiger partial charge in [-0.1, -0.05) is 19.9 Å². The zero-order valence-electron chi connectivity index (χ0n) is 16.0. The molecule has 2 rings (SSSR count). The van der Waals surface area contributed by atoms with Crippen LogP contribution in [0.2, 0.25) is 0 Å². The van der Waals surface area contributed by atoms with Crippen molar-refractivity contribution in [3.63, 3.8) is 0 Å². The molecule has 0 bridgehead atoms. The molecule has 6 heteroatoms. The lowest BCUT2D eigenvalue weighted by Crippen LogP contribution is -2.25. The highest BCUT2D eigenvalue weighted by atomic mass is 16.5. The largest absolute Gasteiger partial charge is 0.497 e. The van der Waals surface area contributed by atoms with Crippen LogP contribution in [0.3, 0.4) is 0 Å². The van der Waals surface area contributed by atoms with E-state index in [4.69, 9.17) is 9.47 Å². The Balaban J connectivity index is 1.80. The predicted octanol–water partition coefficient (Wildman–Crippen LogP) is 3.49. The molecule has 27 heavy (non-hydrogen) atoms. The number of benzene rings is 2. The van der Waals surface area contributed by atoms with E-state index < -0.39 is 0 Å². The van der Waals surface area contributed by atoms with Crippen molar-refractivity contribution in [2.75, 3.05) is 25.6 Å². The van der Waals surface area contributed by atoms with Crippen molar-refractivity contribution in [1.82, 2.24) is 5.32 Å². The summed E-state index contributed by atoms with van der Waals surface area (Å²) in [6.45, 7) is 4.75. The Morgan fingerprint density at radius 2 is 1.78 bits per heavy atom. The number of amides is 2. The van der Waals surface area contributed by atoms with Crippen LogP contribution in [-0.4, -0.2) is 32.1 Å². The van der Waals surface area contributed by atoms with Gasteiger partial charge in [-0.25, -0.2) is 0 Å². The van der Waals surface area contributed by atoms with Gasteiger partial charge in [-0.05, 0) is 48.7 Å². The van der Waals surface area contributed by atoms with Crippen LogP contribution in [0, 0.1) is 5.92 Å². The lowest BCUT2D eigenvalue weighted by Gasteiger charge is -2.10. The molecule has 0 aliphatic carbocycles. The molecule has 0 aliphatic heterocycles. The van der Waals surface area contributed by atoms with Gasteiger partial charge in [0.2, 0.25) is 0 Å². The molecular weight excluding hydrogens is 344 g/mol. The Bertz CT molecular complexity index is 757. The minimum absolute atomic E-state index is 0.113. The summed E-state index contributed by atoms with van der Waals surface area (Å²) in [6, 6.07) is 13.8. The standard InChI is InChI=1S/C21H26N2O4/c1-15(2)11-12-22-21(25)16-7-9-18(10-8-16)27-14-20(24)23-17-5-4-6-19(13-17)26-3/h4-10,13,15H,11-12,14H2,1-3H3,(H,22,25)(H,23,24). The summed E-state index contributed by atoms with van der Waals surface area (Å²) in [5.41, 5.74) is 1.20.